The molecule has 20 heavy (non-hydrogen) atoms. The summed E-state index contributed by atoms with van der Waals surface area (Å²) >= 11 is 3.83. The lowest BCUT2D eigenvalue weighted by atomic mass is 10.00. The highest BCUT2D eigenvalue weighted by Crippen LogP contribution is 2.39. The van der Waals surface area contributed by atoms with Crippen molar-refractivity contribution < 1.29 is 13.2 Å². The number of rotatable bonds is 3. The normalized spacial score (nSPS) is 25.4. The molecular weight excluding hydrogens is 303 g/mol. The minimum Gasteiger partial charge on any atom is -0.312 e. The van der Waals surface area contributed by atoms with Crippen LogP contribution in [0.2, 0.25) is 0 Å². The van der Waals surface area contributed by atoms with E-state index in [1.54, 1.807) is 12.1 Å². The molecule has 2 rings (SSSR count). The van der Waals surface area contributed by atoms with E-state index in [1.165, 1.54) is 12.1 Å². The van der Waals surface area contributed by atoms with Gasteiger partial charge in [0.1, 0.15) is 0 Å². The van der Waals surface area contributed by atoms with E-state index in [0.29, 0.717) is 10.5 Å². The summed E-state index contributed by atoms with van der Waals surface area (Å²) in [6.07, 6.45) is -4.27. The van der Waals surface area contributed by atoms with Crippen molar-refractivity contribution in [3.63, 3.8) is 0 Å². The van der Waals surface area contributed by atoms with Crippen molar-refractivity contribution in [1.82, 2.24) is 5.32 Å². The number of hydrogen-bond donors (Lipinski definition) is 1. The first kappa shape index (κ1) is 16.0. The number of benzene rings is 1. The third-order valence-electron chi connectivity index (χ3n) is 3.47. The third-order valence-corrected chi connectivity index (χ3v) is 6.67. The fraction of sp³-hybridized carbons (Fsp3) is 0.571. The topological polar surface area (TPSA) is 12.0 Å². The van der Waals surface area contributed by atoms with E-state index in [9.17, 15) is 13.2 Å². The molecule has 0 aliphatic carbocycles. The van der Waals surface area contributed by atoms with Crippen LogP contribution in [0.3, 0.4) is 0 Å². The van der Waals surface area contributed by atoms with Gasteiger partial charge in [-0.3, -0.25) is 0 Å². The van der Waals surface area contributed by atoms with Crippen molar-refractivity contribution in [3.8, 4) is 0 Å². The number of nitrogens with one attached hydrogen (secondary N) is 1. The maximum absolute atomic E-state index is 12.6. The molecule has 1 saturated heterocycles. The molecule has 3 unspecified atom stereocenters. The Morgan fingerprint density at radius 3 is 2.25 bits per heavy atom. The first-order chi connectivity index (χ1) is 9.43. The summed E-state index contributed by atoms with van der Waals surface area (Å²) in [5.41, 5.74) is 0.335. The maximum atomic E-state index is 12.6. The number of thioether (sulfide) groups is 2. The molecule has 0 aromatic heterocycles. The molecule has 1 N–H and O–H groups in total. The minimum atomic E-state index is -4.27. The SMILES string of the molecule is CNC(c1ccc(C(F)(F)F)cc1)C1SCCSC1C. The van der Waals surface area contributed by atoms with E-state index < -0.39 is 11.7 Å². The highest BCUT2D eigenvalue weighted by molar-refractivity contribution is 8.07. The van der Waals surface area contributed by atoms with Crippen molar-refractivity contribution in [1.29, 1.82) is 0 Å². The Hall–Kier alpha value is -0.330. The Kier molecular flexibility index (Phi) is 5.31. The standard InChI is InChI=1S/C14H18F3NS2/c1-9-13(20-8-7-19-9)12(18-2)10-3-5-11(6-4-10)14(15,16)17/h3-6,9,12-13,18H,7-8H2,1-2H3. The molecular formula is C14H18F3NS2. The lowest BCUT2D eigenvalue weighted by Crippen LogP contribution is -2.36. The van der Waals surface area contributed by atoms with Crippen LogP contribution in [0.15, 0.2) is 24.3 Å². The van der Waals surface area contributed by atoms with Crippen LogP contribution in [0, 0.1) is 0 Å². The maximum Gasteiger partial charge on any atom is 0.416 e. The van der Waals surface area contributed by atoms with Gasteiger partial charge in [0.05, 0.1) is 5.56 Å². The summed E-state index contributed by atoms with van der Waals surface area (Å²) in [7, 11) is 1.87. The van der Waals surface area contributed by atoms with E-state index in [-0.39, 0.29) is 6.04 Å². The fourth-order valence-electron chi connectivity index (χ4n) is 2.42. The van der Waals surface area contributed by atoms with Crippen molar-refractivity contribution in [2.45, 2.75) is 29.6 Å². The van der Waals surface area contributed by atoms with Crippen LogP contribution in [-0.4, -0.2) is 29.1 Å². The molecule has 3 atom stereocenters. The molecule has 1 aromatic rings. The molecule has 0 saturated carbocycles. The molecule has 0 amide bonds. The number of alkyl halides is 3. The van der Waals surface area contributed by atoms with Crippen molar-refractivity contribution in [2.24, 2.45) is 0 Å². The first-order valence-electron chi connectivity index (χ1n) is 6.51. The lowest BCUT2D eigenvalue weighted by molar-refractivity contribution is -0.137. The van der Waals surface area contributed by atoms with Crippen LogP contribution in [0.1, 0.15) is 24.1 Å². The van der Waals surface area contributed by atoms with Crippen LogP contribution in [0.4, 0.5) is 13.2 Å². The summed E-state index contributed by atoms with van der Waals surface area (Å²) in [6.45, 7) is 2.19. The predicted octanol–water partition coefficient (Wildman–Crippen LogP) is 4.20. The van der Waals surface area contributed by atoms with Crippen LogP contribution >= 0.6 is 23.5 Å². The van der Waals surface area contributed by atoms with Gasteiger partial charge >= 0.3 is 6.18 Å². The largest absolute Gasteiger partial charge is 0.416 e. The Morgan fingerprint density at radius 1 is 1.15 bits per heavy atom. The van der Waals surface area contributed by atoms with Gasteiger partial charge in [-0.1, -0.05) is 19.1 Å². The van der Waals surface area contributed by atoms with Gasteiger partial charge in [0.25, 0.3) is 0 Å². The monoisotopic (exact) mass is 321 g/mol. The second-order valence-electron chi connectivity index (χ2n) is 4.80. The zero-order valence-electron chi connectivity index (χ0n) is 11.4. The van der Waals surface area contributed by atoms with E-state index in [1.807, 2.05) is 30.6 Å². The number of hydrogen-bond acceptors (Lipinski definition) is 3. The summed E-state index contributed by atoms with van der Waals surface area (Å²) in [5.74, 6) is 2.24. The zero-order valence-corrected chi connectivity index (χ0v) is 13.0. The summed E-state index contributed by atoms with van der Waals surface area (Å²) in [4.78, 5) is 0. The molecule has 0 bridgehead atoms. The second kappa shape index (κ2) is 6.62. The first-order valence-corrected chi connectivity index (χ1v) is 8.61. The lowest BCUT2D eigenvalue weighted by Gasteiger charge is -2.34. The fourth-order valence-corrected chi connectivity index (χ4v) is 5.40. The van der Waals surface area contributed by atoms with Crippen molar-refractivity contribution >= 4 is 23.5 Å². The highest BCUT2D eigenvalue weighted by atomic mass is 32.2. The summed E-state index contributed by atoms with van der Waals surface area (Å²) in [6, 6.07) is 5.62. The molecule has 0 spiro atoms. The molecule has 1 aliphatic heterocycles. The summed E-state index contributed by atoms with van der Waals surface area (Å²) < 4.78 is 37.8. The molecule has 1 aliphatic rings. The van der Waals surface area contributed by atoms with E-state index in [0.717, 1.165) is 17.1 Å². The smallest absolute Gasteiger partial charge is 0.312 e. The van der Waals surface area contributed by atoms with Crippen LogP contribution in [0.5, 0.6) is 0 Å². The average molecular weight is 321 g/mol. The minimum absolute atomic E-state index is 0.0880. The zero-order chi connectivity index (χ0) is 14.8. The van der Waals surface area contributed by atoms with E-state index in [2.05, 4.69) is 12.2 Å². The Labute approximate surface area is 126 Å². The van der Waals surface area contributed by atoms with Crippen LogP contribution < -0.4 is 5.32 Å². The molecule has 1 nitrogen and oxygen atoms in total. The number of halogens is 3. The van der Waals surface area contributed by atoms with Crippen LogP contribution in [-0.2, 0) is 6.18 Å². The average Bonchev–Trinajstić information content (AvgIpc) is 2.41. The van der Waals surface area contributed by atoms with E-state index >= 15 is 0 Å². The Balaban J connectivity index is 2.19. The van der Waals surface area contributed by atoms with Gasteiger partial charge in [-0.2, -0.15) is 36.7 Å². The molecule has 1 aromatic carbocycles. The second-order valence-corrected chi connectivity index (χ2v) is 7.57. The molecule has 6 heteroatoms. The van der Waals surface area contributed by atoms with Crippen LogP contribution in [0.25, 0.3) is 0 Å². The van der Waals surface area contributed by atoms with Crippen molar-refractivity contribution in [2.75, 3.05) is 18.6 Å². The molecule has 1 heterocycles. The van der Waals surface area contributed by atoms with Gasteiger partial charge in [-0.05, 0) is 24.7 Å². The highest BCUT2D eigenvalue weighted by Gasteiger charge is 2.33. The molecule has 112 valence electrons. The van der Waals surface area contributed by atoms with Gasteiger partial charge in [-0.15, -0.1) is 0 Å². The van der Waals surface area contributed by atoms with Gasteiger partial charge in [0.15, 0.2) is 0 Å². The quantitative estimate of drug-likeness (QED) is 0.896. The Bertz CT molecular complexity index is 433. The van der Waals surface area contributed by atoms with Gasteiger partial charge in [0.2, 0.25) is 0 Å². The predicted molar refractivity (Wildman–Crippen MR) is 81.4 cm³/mol. The Morgan fingerprint density at radius 2 is 1.75 bits per heavy atom. The molecule has 0 radical (unpaired) electrons. The van der Waals surface area contributed by atoms with E-state index in [4.69, 9.17) is 0 Å². The van der Waals surface area contributed by atoms with Gasteiger partial charge in [0, 0.05) is 28.0 Å². The van der Waals surface area contributed by atoms with Gasteiger partial charge < -0.3 is 5.32 Å². The third kappa shape index (κ3) is 3.65. The van der Waals surface area contributed by atoms with Crippen molar-refractivity contribution in [3.05, 3.63) is 35.4 Å². The molecule has 1 fully saturated rings. The summed E-state index contributed by atoms with van der Waals surface area (Å²) in [5, 5.41) is 4.14. The van der Waals surface area contributed by atoms with Gasteiger partial charge in [-0.25, -0.2) is 0 Å².